The van der Waals surface area contributed by atoms with Crippen LogP contribution in [-0.2, 0) is 4.79 Å². The second kappa shape index (κ2) is 3.63. The van der Waals surface area contributed by atoms with Gasteiger partial charge in [0.05, 0.1) is 4.91 Å². The van der Waals surface area contributed by atoms with Gasteiger partial charge in [0, 0.05) is 12.4 Å². The Morgan fingerprint density at radius 2 is 2.43 bits per heavy atom. The summed E-state index contributed by atoms with van der Waals surface area (Å²) in [4.78, 5) is 15.7. The molecule has 0 saturated carbocycles. The van der Waals surface area contributed by atoms with Gasteiger partial charge >= 0.3 is 0 Å². The number of aromatic nitrogens is 1. The monoisotopic (exact) mass is 205 g/mol. The average molecular weight is 205 g/mol. The number of nitrogens with one attached hydrogen (secondary N) is 2. The Hall–Kier alpha value is -1.62. The topological polar surface area (TPSA) is 65.8 Å². The van der Waals surface area contributed by atoms with Crippen molar-refractivity contribution < 1.29 is 4.79 Å². The highest BCUT2D eigenvalue weighted by Gasteiger charge is 2.21. The van der Waals surface area contributed by atoms with Gasteiger partial charge in [0.2, 0.25) is 0 Å². The zero-order valence-corrected chi connectivity index (χ0v) is 7.97. The zero-order chi connectivity index (χ0) is 9.97. The number of hydrogen-bond donors (Lipinski definition) is 2. The highest BCUT2D eigenvalue weighted by molar-refractivity contribution is 8.18. The second-order valence-electron chi connectivity index (χ2n) is 2.68. The molecule has 70 valence electrons. The van der Waals surface area contributed by atoms with Crippen molar-refractivity contribution in [2.45, 2.75) is 0 Å². The maximum atomic E-state index is 11.2. The van der Waals surface area contributed by atoms with Gasteiger partial charge in [-0.25, -0.2) is 0 Å². The number of amidine groups is 1. The summed E-state index contributed by atoms with van der Waals surface area (Å²) in [5.74, 6) is -0.219. The highest BCUT2D eigenvalue weighted by Crippen LogP contribution is 2.24. The number of carbonyl (C=O) groups excluding carboxylic acids is 1. The molecule has 0 bridgehead atoms. The molecule has 1 saturated heterocycles. The molecule has 1 aliphatic heterocycles. The quantitative estimate of drug-likeness (QED) is 0.677. The van der Waals surface area contributed by atoms with Crippen LogP contribution in [0.4, 0.5) is 0 Å². The molecule has 0 radical (unpaired) electrons. The third-order valence-corrected chi connectivity index (χ3v) is 2.47. The fraction of sp³-hybridized carbons (Fsp3) is 0. The lowest BCUT2D eigenvalue weighted by Crippen LogP contribution is -2.18. The summed E-state index contributed by atoms with van der Waals surface area (Å²) in [5.41, 5.74) is 0.861. The molecule has 1 aromatic rings. The molecular weight excluding hydrogens is 198 g/mol. The van der Waals surface area contributed by atoms with Crippen molar-refractivity contribution in [1.29, 1.82) is 5.41 Å². The summed E-state index contributed by atoms with van der Waals surface area (Å²) < 4.78 is 0. The van der Waals surface area contributed by atoms with E-state index in [4.69, 9.17) is 5.41 Å². The molecule has 2 rings (SSSR count). The number of carbonyl (C=O) groups is 1. The van der Waals surface area contributed by atoms with Crippen LogP contribution in [0, 0.1) is 5.41 Å². The van der Waals surface area contributed by atoms with Crippen LogP contribution in [0.25, 0.3) is 6.08 Å². The van der Waals surface area contributed by atoms with Gasteiger partial charge in [-0.05, 0) is 29.5 Å². The fourth-order valence-electron chi connectivity index (χ4n) is 1.05. The number of rotatable bonds is 1. The smallest absolute Gasteiger partial charge is 0.264 e. The van der Waals surface area contributed by atoms with Gasteiger partial charge in [-0.1, -0.05) is 6.07 Å². The minimum atomic E-state index is -0.219. The Balaban J connectivity index is 2.28. The number of thioether (sulfide) groups is 1. The molecule has 4 nitrogen and oxygen atoms in total. The number of amides is 1. The molecule has 14 heavy (non-hydrogen) atoms. The number of nitrogens with zero attached hydrogens (tertiary/aromatic N) is 1. The molecule has 0 unspecified atom stereocenters. The largest absolute Gasteiger partial charge is 0.301 e. The summed E-state index contributed by atoms with van der Waals surface area (Å²) in [7, 11) is 0. The van der Waals surface area contributed by atoms with Gasteiger partial charge in [0.15, 0.2) is 5.17 Å². The van der Waals surface area contributed by atoms with E-state index < -0.39 is 0 Å². The minimum absolute atomic E-state index is 0.171. The molecule has 1 amide bonds. The maximum Gasteiger partial charge on any atom is 0.264 e. The van der Waals surface area contributed by atoms with Crippen LogP contribution in [0.15, 0.2) is 29.4 Å². The van der Waals surface area contributed by atoms with Crippen LogP contribution in [0.5, 0.6) is 0 Å². The van der Waals surface area contributed by atoms with E-state index in [1.165, 1.54) is 0 Å². The predicted octanol–water partition coefficient (Wildman–Crippen LogP) is 1.22. The van der Waals surface area contributed by atoms with E-state index in [0.29, 0.717) is 4.91 Å². The Morgan fingerprint density at radius 3 is 3.00 bits per heavy atom. The predicted molar refractivity (Wildman–Crippen MR) is 55.7 cm³/mol. The highest BCUT2D eigenvalue weighted by atomic mass is 32.2. The lowest BCUT2D eigenvalue weighted by Gasteiger charge is -1.92. The molecule has 0 aliphatic carbocycles. The summed E-state index contributed by atoms with van der Waals surface area (Å²) in [6, 6.07) is 3.66. The maximum absolute atomic E-state index is 11.2. The van der Waals surface area contributed by atoms with Gasteiger partial charge in [-0.2, -0.15) is 0 Å². The van der Waals surface area contributed by atoms with Crippen molar-refractivity contribution in [3.8, 4) is 0 Å². The van der Waals surface area contributed by atoms with Gasteiger partial charge in [-0.3, -0.25) is 15.2 Å². The van der Waals surface area contributed by atoms with E-state index in [9.17, 15) is 4.79 Å². The van der Waals surface area contributed by atoms with E-state index in [1.54, 1.807) is 24.5 Å². The van der Waals surface area contributed by atoms with Crippen molar-refractivity contribution in [3.63, 3.8) is 0 Å². The van der Waals surface area contributed by atoms with Gasteiger partial charge < -0.3 is 5.32 Å². The molecular formula is C9H7N3OS. The minimum Gasteiger partial charge on any atom is -0.301 e. The fourth-order valence-corrected chi connectivity index (χ4v) is 1.76. The van der Waals surface area contributed by atoms with Crippen molar-refractivity contribution >= 4 is 28.9 Å². The van der Waals surface area contributed by atoms with E-state index in [-0.39, 0.29) is 11.1 Å². The van der Waals surface area contributed by atoms with E-state index >= 15 is 0 Å². The van der Waals surface area contributed by atoms with Crippen molar-refractivity contribution in [1.82, 2.24) is 10.3 Å². The van der Waals surface area contributed by atoms with E-state index in [1.807, 2.05) is 6.07 Å². The van der Waals surface area contributed by atoms with Gasteiger partial charge in [0.25, 0.3) is 5.91 Å². The SMILES string of the molecule is N=C1NC(=O)/C(=C/c2cccnc2)S1. The third-order valence-electron chi connectivity index (χ3n) is 1.65. The molecule has 0 atom stereocenters. The van der Waals surface area contributed by atoms with Crippen LogP contribution in [0.1, 0.15) is 5.56 Å². The molecule has 2 heterocycles. The lowest BCUT2D eigenvalue weighted by molar-refractivity contribution is -0.115. The zero-order valence-electron chi connectivity index (χ0n) is 7.15. The summed E-state index contributed by atoms with van der Waals surface area (Å²) in [6.45, 7) is 0. The summed E-state index contributed by atoms with van der Waals surface area (Å²) in [6.07, 6.45) is 5.06. The summed E-state index contributed by atoms with van der Waals surface area (Å²) >= 11 is 1.12. The molecule has 1 aliphatic rings. The number of pyridine rings is 1. The van der Waals surface area contributed by atoms with Crippen LogP contribution >= 0.6 is 11.8 Å². The van der Waals surface area contributed by atoms with Crippen LogP contribution in [0.2, 0.25) is 0 Å². The van der Waals surface area contributed by atoms with Gasteiger partial charge in [0.1, 0.15) is 0 Å². The Labute approximate surface area is 84.9 Å². The van der Waals surface area contributed by atoms with Crippen molar-refractivity contribution in [2.75, 3.05) is 0 Å². The first-order valence-electron chi connectivity index (χ1n) is 3.95. The molecule has 1 fully saturated rings. The Morgan fingerprint density at radius 1 is 1.57 bits per heavy atom. The van der Waals surface area contributed by atoms with Gasteiger partial charge in [-0.15, -0.1) is 0 Å². The molecule has 5 heteroatoms. The Bertz CT molecular complexity index is 413. The van der Waals surface area contributed by atoms with Crippen LogP contribution < -0.4 is 5.32 Å². The summed E-state index contributed by atoms with van der Waals surface area (Å²) in [5, 5.41) is 9.83. The van der Waals surface area contributed by atoms with Crippen LogP contribution in [-0.4, -0.2) is 16.1 Å². The van der Waals surface area contributed by atoms with Crippen molar-refractivity contribution in [2.24, 2.45) is 0 Å². The third kappa shape index (κ3) is 1.82. The first-order chi connectivity index (χ1) is 6.75. The van der Waals surface area contributed by atoms with Crippen molar-refractivity contribution in [3.05, 3.63) is 35.0 Å². The van der Waals surface area contributed by atoms with E-state index in [2.05, 4.69) is 10.3 Å². The molecule has 2 N–H and O–H groups in total. The normalized spacial score (nSPS) is 18.7. The average Bonchev–Trinajstić information content (AvgIpc) is 2.47. The number of hydrogen-bond acceptors (Lipinski definition) is 4. The first kappa shape index (κ1) is 8.96. The second-order valence-corrected chi connectivity index (χ2v) is 3.73. The Kier molecular flexibility index (Phi) is 2.32. The standard InChI is InChI=1S/C9H7N3OS/c10-9-12-8(13)7(14-9)4-6-2-1-3-11-5-6/h1-5H,(H2,10,12,13)/b7-4-. The molecule has 0 aromatic carbocycles. The molecule has 1 aromatic heterocycles. The molecule has 0 spiro atoms. The first-order valence-corrected chi connectivity index (χ1v) is 4.77. The van der Waals surface area contributed by atoms with E-state index in [0.717, 1.165) is 17.3 Å². The van der Waals surface area contributed by atoms with Crippen LogP contribution in [0.3, 0.4) is 0 Å². The lowest BCUT2D eigenvalue weighted by atomic mass is 10.2.